The molecular weight excluding hydrogens is 272 g/mol. The third-order valence-electron chi connectivity index (χ3n) is 3.48. The van der Waals surface area contributed by atoms with Gasteiger partial charge in [-0.3, -0.25) is 9.97 Å². The molecule has 0 unspecified atom stereocenters. The predicted molar refractivity (Wildman–Crippen MR) is 89.9 cm³/mol. The van der Waals surface area contributed by atoms with Crippen molar-refractivity contribution in [3.8, 4) is 5.75 Å². The first kappa shape index (κ1) is 14.0. The van der Waals surface area contributed by atoms with E-state index in [0.717, 1.165) is 16.5 Å². The van der Waals surface area contributed by atoms with Crippen LogP contribution in [0.2, 0.25) is 0 Å². The average Bonchev–Trinajstić information content (AvgIpc) is 2.59. The van der Waals surface area contributed by atoms with E-state index in [4.69, 9.17) is 0 Å². The number of aromatic hydroxyl groups is 1. The lowest BCUT2D eigenvalue weighted by molar-refractivity contribution is 0.480. The number of aromatic nitrogens is 2. The summed E-state index contributed by atoms with van der Waals surface area (Å²) in [6.07, 6.45) is 3.49. The van der Waals surface area contributed by atoms with Gasteiger partial charge < -0.3 is 5.11 Å². The van der Waals surface area contributed by atoms with E-state index in [1.165, 1.54) is 5.39 Å². The fraction of sp³-hybridized carbons (Fsp3) is 0.0526. The van der Waals surface area contributed by atoms with Crippen molar-refractivity contribution < 1.29 is 5.11 Å². The molecule has 0 fully saturated rings. The van der Waals surface area contributed by atoms with Crippen LogP contribution < -0.4 is 0 Å². The minimum atomic E-state index is 0.246. The zero-order valence-electron chi connectivity index (χ0n) is 12.3. The number of fused-ring (bicyclic) bond motifs is 2. The fourth-order valence-electron chi connectivity index (χ4n) is 2.32. The Labute approximate surface area is 128 Å². The van der Waals surface area contributed by atoms with Gasteiger partial charge in [0.15, 0.2) is 0 Å². The van der Waals surface area contributed by atoms with Crippen LogP contribution in [-0.2, 0) is 0 Å². The molecule has 22 heavy (non-hydrogen) atoms. The van der Waals surface area contributed by atoms with Gasteiger partial charge in [0.2, 0.25) is 0 Å². The number of hydrogen-bond acceptors (Lipinski definition) is 3. The molecule has 0 atom stereocenters. The topological polar surface area (TPSA) is 46.0 Å². The second-order valence-electron chi connectivity index (χ2n) is 5.00. The lowest BCUT2D eigenvalue weighted by Gasteiger charge is -2.01. The zero-order chi connectivity index (χ0) is 15.4. The highest BCUT2D eigenvalue weighted by atomic mass is 16.3. The SMILES string of the molecule is Cc1ccc(O)c2ncccc12.c1ccc2ncccc2c1. The van der Waals surface area contributed by atoms with Crippen LogP contribution in [0.1, 0.15) is 5.56 Å². The molecule has 108 valence electrons. The summed E-state index contributed by atoms with van der Waals surface area (Å²) < 4.78 is 0. The van der Waals surface area contributed by atoms with E-state index >= 15 is 0 Å². The van der Waals surface area contributed by atoms with Crippen LogP contribution in [0.4, 0.5) is 0 Å². The Morgan fingerprint density at radius 3 is 2.32 bits per heavy atom. The third kappa shape index (κ3) is 2.88. The third-order valence-corrected chi connectivity index (χ3v) is 3.48. The molecule has 0 spiro atoms. The van der Waals surface area contributed by atoms with Crippen LogP contribution in [0, 0.1) is 6.92 Å². The summed E-state index contributed by atoms with van der Waals surface area (Å²) in [5.74, 6) is 0.246. The Kier molecular flexibility index (Phi) is 3.97. The molecule has 0 radical (unpaired) electrons. The monoisotopic (exact) mass is 288 g/mol. The van der Waals surface area contributed by atoms with Gasteiger partial charge in [0.05, 0.1) is 5.52 Å². The van der Waals surface area contributed by atoms with E-state index in [2.05, 4.69) is 22.1 Å². The lowest BCUT2D eigenvalue weighted by Crippen LogP contribution is -1.81. The summed E-state index contributed by atoms with van der Waals surface area (Å²) in [7, 11) is 0. The Hall–Kier alpha value is -2.94. The van der Waals surface area contributed by atoms with Crippen LogP contribution in [0.25, 0.3) is 21.8 Å². The van der Waals surface area contributed by atoms with Gasteiger partial charge in [-0.25, -0.2) is 0 Å². The van der Waals surface area contributed by atoms with Gasteiger partial charge in [0.25, 0.3) is 0 Å². The number of pyridine rings is 2. The molecule has 2 aromatic carbocycles. The van der Waals surface area contributed by atoms with E-state index in [0.29, 0.717) is 5.52 Å². The Morgan fingerprint density at radius 2 is 1.50 bits per heavy atom. The van der Waals surface area contributed by atoms with E-state index in [1.807, 2.05) is 55.6 Å². The first-order chi connectivity index (χ1) is 10.8. The standard InChI is InChI=1S/C10H9NO.C9H7N/c1-7-4-5-9(12)10-8(7)3-2-6-11-10;1-2-6-9-8(4-1)5-3-7-10-9/h2-6,12H,1H3;1-7H. The minimum Gasteiger partial charge on any atom is -0.506 e. The zero-order valence-corrected chi connectivity index (χ0v) is 12.3. The number of para-hydroxylation sites is 1. The summed E-state index contributed by atoms with van der Waals surface area (Å²) >= 11 is 0. The van der Waals surface area contributed by atoms with E-state index in [1.54, 1.807) is 12.3 Å². The predicted octanol–water partition coefficient (Wildman–Crippen LogP) is 4.48. The van der Waals surface area contributed by atoms with Crippen LogP contribution >= 0.6 is 0 Å². The molecule has 0 saturated carbocycles. The van der Waals surface area contributed by atoms with E-state index in [9.17, 15) is 5.11 Å². The highest BCUT2D eigenvalue weighted by molar-refractivity contribution is 5.86. The van der Waals surface area contributed by atoms with Crippen LogP contribution in [0.5, 0.6) is 5.75 Å². The average molecular weight is 288 g/mol. The van der Waals surface area contributed by atoms with E-state index in [-0.39, 0.29) is 5.75 Å². The van der Waals surface area contributed by atoms with Gasteiger partial charge in [-0.05, 0) is 36.8 Å². The number of phenols is 1. The van der Waals surface area contributed by atoms with Crippen LogP contribution in [-0.4, -0.2) is 15.1 Å². The van der Waals surface area contributed by atoms with Gasteiger partial charge >= 0.3 is 0 Å². The smallest absolute Gasteiger partial charge is 0.141 e. The molecule has 3 heteroatoms. The molecule has 0 aliphatic carbocycles. The highest BCUT2D eigenvalue weighted by Gasteiger charge is 2.01. The van der Waals surface area contributed by atoms with Crippen molar-refractivity contribution in [3.63, 3.8) is 0 Å². The van der Waals surface area contributed by atoms with Crippen LogP contribution in [0.3, 0.4) is 0 Å². The van der Waals surface area contributed by atoms with Crippen LogP contribution in [0.15, 0.2) is 73.1 Å². The van der Waals surface area contributed by atoms with Gasteiger partial charge in [-0.15, -0.1) is 0 Å². The molecule has 1 N–H and O–H groups in total. The molecule has 3 nitrogen and oxygen atoms in total. The van der Waals surface area contributed by atoms with Crippen molar-refractivity contribution in [1.29, 1.82) is 0 Å². The number of nitrogens with zero attached hydrogens (tertiary/aromatic N) is 2. The molecule has 4 rings (SSSR count). The first-order valence-electron chi connectivity index (χ1n) is 7.09. The number of hydrogen-bond donors (Lipinski definition) is 1. The summed E-state index contributed by atoms with van der Waals surface area (Å²) in [6, 6.07) is 19.5. The largest absolute Gasteiger partial charge is 0.506 e. The van der Waals surface area contributed by atoms with Gasteiger partial charge in [0.1, 0.15) is 11.3 Å². The number of benzene rings is 2. The molecule has 0 aliphatic rings. The second-order valence-corrected chi connectivity index (χ2v) is 5.00. The van der Waals surface area contributed by atoms with Crippen molar-refractivity contribution >= 4 is 21.8 Å². The molecule has 0 saturated heterocycles. The van der Waals surface area contributed by atoms with Crippen molar-refractivity contribution in [3.05, 3.63) is 78.6 Å². The maximum absolute atomic E-state index is 9.43. The summed E-state index contributed by atoms with van der Waals surface area (Å²) in [5.41, 5.74) is 2.87. The molecule has 0 bridgehead atoms. The highest BCUT2D eigenvalue weighted by Crippen LogP contribution is 2.24. The Morgan fingerprint density at radius 1 is 0.773 bits per heavy atom. The maximum atomic E-state index is 9.43. The number of aryl methyl sites for hydroxylation is 1. The summed E-state index contributed by atoms with van der Waals surface area (Å²) in [6.45, 7) is 2.00. The molecular formula is C19H16N2O. The number of phenolic OH excluding ortho intramolecular Hbond substituents is 1. The second kappa shape index (κ2) is 6.22. The summed E-state index contributed by atoms with van der Waals surface area (Å²) in [5, 5.41) is 11.6. The van der Waals surface area contributed by atoms with Gasteiger partial charge in [0, 0.05) is 23.2 Å². The normalized spacial score (nSPS) is 10.2. The van der Waals surface area contributed by atoms with Crippen molar-refractivity contribution in [2.24, 2.45) is 0 Å². The van der Waals surface area contributed by atoms with Crippen molar-refractivity contribution in [2.75, 3.05) is 0 Å². The molecule has 2 heterocycles. The Bertz CT molecular complexity index is 813. The lowest BCUT2D eigenvalue weighted by atomic mass is 10.1. The van der Waals surface area contributed by atoms with Gasteiger partial charge in [-0.1, -0.05) is 36.4 Å². The van der Waals surface area contributed by atoms with E-state index < -0.39 is 0 Å². The molecule has 4 aromatic rings. The minimum absolute atomic E-state index is 0.246. The molecule has 0 amide bonds. The van der Waals surface area contributed by atoms with Gasteiger partial charge in [-0.2, -0.15) is 0 Å². The molecule has 2 aromatic heterocycles. The Balaban J connectivity index is 0.000000133. The van der Waals surface area contributed by atoms with Crippen molar-refractivity contribution in [1.82, 2.24) is 9.97 Å². The maximum Gasteiger partial charge on any atom is 0.141 e. The summed E-state index contributed by atoms with van der Waals surface area (Å²) in [4.78, 5) is 8.27. The fourth-order valence-corrected chi connectivity index (χ4v) is 2.32. The first-order valence-corrected chi connectivity index (χ1v) is 7.09. The quantitative estimate of drug-likeness (QED) is 0.519. The number of rotatable bonds is 0. The molecule has 0 aliphatic heterocycles. The van der Waals surface area contributed by atoms with Crippen molar-refractivity contribution in [2.45, 2.75) is 6.92 Å².